The highest BCUT2D eigenvalue weighted by atomic mass is 16.5. The van der Waals surface area contributed by atoms with E-state index in [9.17, 15) is 14.7 Å². The molecule has 0 fully saturated rings. The van der Waals surface area contributed by atoms with E-state index in [-0.39, 0.29) is 24.4 Å². The van der Waals surface area contributed by atoms with Gasteiger partial charge in [0.05, 0.1) is 18.9 Å². The summed E-state index contributed by atoms with van der Waals surface area (Å²) < 4.78 is 10.4. The molecule has 0 radical (unpaired) electrons. The highest BCUT2D eigenvalue weighted by Crippen LogP contribution is 2.20. The smallest absolute Gasteiger partial charge is 0.328 e. The number of carbonyl (C=O) groups excluding carboxylic acids is 1. The molecular formula is C17H33N9O6. The topological polar surface area (TPSA) is 263 Å². The van der Waals surface area contributed by atoms with E-state index in [0.29, 0.717) is 38.8 Å². The van der Waals surface area contributed by atoms with Crippen LogP contribution in [0.25, 0.3) is 0 Å². The Balaban J connectivity index is 2.81. The Kier molecular flexibility index (Phi) is 11.9. The first-order valence-corrected chi connectivity index (χ1v) is 10.1. The van der Waals surface area contributed by atoms with Gasteiger partial charge in [0, 0.05) is 13.2 Å². The van der Waals surface area contributed by atoms with Crippen molar-refractivity contribution in [2.75, 3.05) is 19.9 Å². The summed E-state index contributed by atoms with van der Waals surface area (Å²) in [5.74, 6) is -1.06. The summed E-state index contributed by atoms with van der Waals surface area (Å²) in [6, 6.07) is -3.62. The number of aliphatic carboxylic acids is 1. The number of urea groups is 1. The van der Waals surface area contributed by atoms with E-state index in [0.717, 1.165) is 0 Å². The van der Waals surface area contributed by atoms with E-state index >= 15 is 0 Å². The van der Waals surface area contributed by atoms with Gasteiger partial charge < -0.3 is 53.0 Å². The van der Waals surface area contributed by atoms with Crippen LogP contribution in [0.1, 0.15) is 56.4 Å². The van der Waals surface area contributed by atoms with Gasteiger partial charge in [0.1, 0.15) is 6.04 Å². The first-order valence-electron chi connectivity index (χ1n) is 10.1. The van der Waals surface area contributed by atoms with Crippen molar-refractivity contribution in [3.63, 3.8) is 0 Å². The summed E-state index contributed by atoms with van der Waals surface area (Å²) in [7, 11) is 0. The van der Waals surface area contributed by atoms with Crippen LogP contribution in [-0.2, 0) is 9.53 Å². The standard InChI is InChI=1S/C17H33N9O6/c1-9(27)12(15(28)29)24-17(30)23-11(5-3-7-31-8-18)14-25-13(26-32-14)10(19)4-2-6-22-16(20)21/h9-12,27H,2-8,18-19H2,1H3,(H,28,29)(H4,20,21,22)(H2,23,24,30)/t9?,10-,11-,12-/m0/s1. The summed E-state index contributed by atoms with van der Waals surface area (Å²) >= 11 is 0. The maximum atomic E-state index is 12.3. The average molecular weight is 460 g/mol. The predicted octanol–water partition coefficient (Wildman–Crippen LogP) is -1.99. The number of carbonyl (C=O) groups is 2. The molecule has 0 spiro atoms. The monoisotopic (exact) mass is 459 g/mol. The molecule has 12 N–H and O–H groups in total. The third kappa shape index (κ3) is 9.86. The molecule has 1 aromatic heterocycles. The predicted molar refractivity (Wildman–Crippen MR) is 113 cm³/mol. The Labute approximate surface area is 184 Å². The van der Waals surface area contributed by atoms with Gasteiger partial charge in [-0.05, 0) is 32.6 Å². The van der Waals surface area contributed by atoms with Crippen LogP contribution in [0.3, 0.4) is 0 Å². The molecule has 1 heterocycles. The number of nitrogens with one attached hydrogen (secondary N) is 2. The van der Waals surface area contributed by atoms with Crippen LogP contribution in [0, 0.1) is 0 Å². The molecule has 0 aliphatic rings. The second kappa shape index (κ2) is 14.1. The number of hydrogen-bond donors (Lipinski definition) is 8. The number of carboxylic acid groups (broad SMARTS) is 1. The Hall–Kier alpha value is -3.01. The lowest BCUT2D eigenvalue weighted by molar-refractivity contribution is -0.141. The molecule has 0 saturated carbocycles. The average Bonchev–Trinajstić information content (AvgIpc) is 3.21. The molecule has 4 atom stereocenters. The second-order valence-electron chi connectivity index (χ2n) is 6.99. The van der Waals surface area contributed by atoms with Gasteiger partial charge in [0.2, 0.25) is 5.89 Å². The van der Waals surface area contributed by atoms with Crippen LogP contribution in [0.15, 0.2) is 9.52 Å². The van der Waals surface area contributed by atoms with E-state index in [2.05, 4.69) is 25.8 Å². The molecule has 1 unspecified atom stereocenters. The highest BCUT2D eigenvalue weighted by molar-refractivity contribution is 5.83. The Morgan fingerprint density at radius 2 is 1.97 bits per heavy atom. The maximum Gasteiger partial charge on any atom is 0.328 e. The lowest BCUT2D eigenvalue weighted by Gasteiger charge is -2.20. The minimum atomic E-state index is -1.49. The second-order valence-corrected chi connectivity index (χ2v) is 6.99. The minimum absolute atomic E-state index is 0.00745. The van der Waals surface area contributed by atoms with Crippen LogP contribution < -0.4 is 33.6 Å². The summed E-state index contributed by atoms with van der Waals surface area (Å²) in [4.78, 5) is 31.6. The van der Waals surface area contributed by atoms with Crippen LogP contribution in [0.4, 0.5) is 4.79 Å². The summed E-state index contributed by atoms with van der Waals surface area (Å²) in [6.07, 6.45) is 0.610. The highest BCUT2D eigenvalue weighted by Gasteiger charge is 2.28. The number of aliphatic imine (C=N–C) groups is 1. The van der Waals surface area contributed by atoms with Gasteiger partial charge in [0.15, 0.2) is 17.8 Å². The number of guanidine groups is 1. The molecule has 0 aromatic carbocycles. The molecule has 182 valence electrons. The van der Waals surface area contributed by atoms with Crippen molar-refractivity contribution in [1.82, 2.24) is 20.8 Å². The number of hydrogen-bond acceptors (Lipinski definition) is 10. The Bertz CT molecular complexity index is 738. The third-order valence-electron chi connectivity index (χ3n) is 4.29. The summed E-state index contributed by atoms with van der Waals surface area (Å²) in [5.41, 5.74) is 21.9. The van der Waals surface area contributed by atoms with Gasteiger partial charge >= 0.3 is 12.0 Å². The molecule has 32 heavy (non-hydrogen) atoms. The Morgan fingerprint density at radius 3 is 2.56 bits per heavy atom. The molecule has 0 aliphatic carbocycles. The van der Waals surface area contributed by atoms with Crippen molar-refractivity contribution in [2.45, 2.75) is 56.8 Å². The molecule has 15 nitrogen and oxygen atoms in total. The normalized spacial score (nSPS) is 14.8. The molecule has 0 saturated heterocycles. The molecule has 1 rings (SSSR count). The lowest BCUT2D eigenvalue weighted by atomic mass is 10.1. The van der Waals surface area contributed by atoms with Gasteiger partial charge in [-0.25, -0.2) is 9.59 Å². The van der Waals surface area contributed by atoms with Crippen molar-refractivity contribution in [1.29, 1.82) is 0 Å². The fourth-order valence-electron chi connectivity index (χ4n) is 2.65. The molecule has 15 heteroatoms. The van der Waals surface area contributed by atoms with E-state index < -0.39 is 36.2 Å². The van der Waals surface area contributed by atoms with Crippen LogP contribution in [0.2, 0.25) is 0 Å². The van der Waals surface area contributed by atoms with Crippen molar-refractivity contribution in [3.8, 4) is 0 Å². The molecular weight excluding hydrogens is 426 g/mol. The first kappa shape index (κ1) is 27.0. The maximum absolute atomic E-state index is 12.3. The third-order valence-corrected chi connectivity index (χ3v) is 4.29. The number of amides is 2. The zero-order chi connectivity index (χ0) is 24.1. The molecule has 0 aliphatic heterocycles. The van der Waals surface area contributed by atoms with Crippen LogP contribution in [-0.4, -0.2) is 70.3 Å². The molecule has 0 bridgehead atoms. The zero-order valence-corrected chi connectivity index (χ0v) is 17.9. The van der Waals surface area contributed by atoms with E-state index in [1.165, 1.54) is 6.92 Å². The number of nitrogens with two attached hydrogens (primary N) is 4. The summed E-state index contributed by atoms with van der Waals surface area (Å²) in [6.45, 7) is 2.03. The number of aliphatic hydroxyl groups excluding tert-OH is 1. The number of ether oxygens (including phenoxy) is 1. The number of nitrogens with zero attached hydrogens (tertiary/aromatic N) is 3. The van der Waals surface area contributed by atoms with Crippen molar-refractivity contribution < 1.29 is 29.1 Å². The summed E-state index contributed by atoms with van der Waals surface area (Å²) in [5, 5.41) is 27.3. The van der Waals surface area contributed by atoms with Crippen LogP contribution in [0.5, 0.6) is 0 Å². The molecule has 2 amide bonds. The fourth-order valence-corrected chi connectivity index (χ4v) is 2.65. The van der Waals surface area contributed by atoms with Gasteiger partial charge in [0.25, 0.3) is 0 Å². The van der Waals surface area contributed by atoms with Gasteiger partial charge in [-0.2, -0.15) is 4.98 Å². The van der Waals surface area contributed by atoms with Gasteiger partial charge in [-0.1, -0.05) is 5.16 Å². The fraction of sp³-hybridized carbons (Fsp3) is 0.706. The number of rotatable bonds is 15. The lowest BCUT2D eigenvalue weighted by Crippen LogP contribution is -2.51. The van der Waals surface area contributed by atoms with E-state index in [4.69, 9.17) is 37.3 Å². The van der Waals surface area contributed by atoms with Gasteiger partial charge in [-0.15, -0.1) is 0 Å². The Morgan fingerprint density at radius 1 is 1.25 bits per heavy atom. The van der Waals surface area contributed by atoms with Crippen molar-refractivity contribution in [2.24, 2.45) is 27.9 Å². The quantitative estimate of drug-likeness (QED) is 0.0613. The largest absolute Gasteiger partial charge is 0.480 e. The first-order chi connectivity index (χ1) is 15.1. The number of aliphatic hydroxyl groups is 1. The number of aromatic nitrogens is 2. The van der Waals surface area contributed by atoms with E-state index in [1.54, 1.807) is 0 Å². The van der Waals surface area contributed by atoms with Gasteiger partial charge in [-0.3, -0.25) is 4.99 Å². The van der Waals surface area contributed by atoms with Crippen molar-refractivity contribution in [3.05, 3.63) is 11.7 Å². The molecule has 1 aromatic rings. The van der Waals surface area contributed by atoms with Crippen molar-refractivity contribution >= 4 is 18.0 Å². The zero-order valence-electron chi connectivity index (χ0n) is 17.9. The van der Waals surface area contributed by atoms with E-state index in [1.807, 2.05) is 0 Å². The number of carboxylic acids is 1. The van der Waals surface area contributed by atoms with Crippen LogP contribution >= 0.6 is 0 Å². The minimum Gasteiger partial charge on any atom is -0.480 e. The SMILES string of the molecule is CC(O)[C@H](NC(=O)N[C@@H](CCCOCN)c1nc([C@@H](N)CCCN=C(N)N)no1)C(=O)O.